The number of anilines is 3. The maximum atomic E-state index is 9.55. The van der Waals surface area contributed by atoms with Crippen molar-refractivity contribution in [3.8, 4) is 16.3 Å². The molecule has 2 aromatic carbocycles. The van der Waals surface area contributed by atoms with Crippen LogP contribution in [-0.4, -0.2) is 40.3 Å². The zero-order valence-electron chi connectivity index (χ0n) is 19.1. The minimum Gasteiger partial charge on any atom is -0.497 e. The molecule has 2 aromatic heterocycles. The van der Waals surface area contributed by atoms with E-state index in [4.69, 9.17) is 19.7 Å². The highest BCUT2D eigenvalue weighted by atomic mass is 32.1. The highest BCUT2D eigenvalue weighted by molar-refractivity contribution is 7.21. The van der Waals surface area contributed by atoms with Gasteiger partial charge in [0, 0.05) is 24.9 Å². The van der Waals surface area contributed by atoms with Gasteiger partial charge in [0.1, 0.15) is 16.6 Å². The fourth-order valence-electron chi connectivity index (χ4n) is 3.64. The zero-order valence-corrected chi connectivity index (χ0v) is 19.9. The molecule has 1 unspecified atom stereocenters. The van der Waals surface area contributed by atoms with Crippen LogP contribution in [0.4, 0.5) is 17.5 Å². The van der Waals surface area contributed by atoms with Gasteiger partial charge in [-0.3, -0.25) is 0 Å². The number of hydrogen-bond donors (Lipinski definition) is 3. The first-order valence-electron chi connectivity index (χ1n) is 11.1. The van der Waals surface area contributed by atoms with E-state index < -0.39 is 0 Å². The minimum absolute atomic E-state index is 0.189. The van der Waals surface area contributed by atoms with Crippen LogP contribution in [0.15, 0.2) is 48.5 Å². The van der Waals surface area contributed by atoms with Crippen LogP contribution in [0.3, 0.4) is 0 Å². The third-order valence-corrected chi connectivity index (χ3v) is 6.66. The summed E-state index contributed by atoms with van der Waals surface area (Å²) >= 11 is 1.63. The van der Waals surface area contributed by atoms with Crippen molar-refractivity contribution in [2.75, 3.05) is 30.9 Å². The van der Waals surface area contributed by atoms with E-state index in [0.29, 0.717) is 12.5 Å². The Labute approximate surface area is 197 Å². The van der Waals surface area contributed by atoms with Gasteiger partial charge in [-0.15, -0.1) is 11.3 Å². The Bertz CT molecular complexity index is 1190. The van der Waals surface area contributed by atoms with E-state index in [-0.39, 0.29) is 12.5 Å². The van der Waals surface area contributed by atoms with E-state index in [1.54, 1.807) is 18.4 Å². The van der Waals surface area contributed by atoms with Crippen LogP contribution in [0.5, 0.6) is 5.75 Å². The summed E-state index contributed by atoms with van der Waals surface area (Å²) in [7, 11) is 1.64. The molecule has 0 spiro atoms. The van der Waals surface area contributed by atoms with E-state index in [9.17, 15) is 5.11 Å². The molecule has 0 bridgehead atoms. The number of fused-ring (bicyclic) bond motifs is 1. The highest BCUT2D eigenvalue weighted by Crippen LogP contribution is 2.36. The fourth-order valence-corrected chi connectivity index (χ4v) is 4.70. The number of aliphatic hydroxyl groups is 1. The van der Waals surface area contributed by atoms with E-state index in [1.807, 2.05) is 49.4 Å². The number of aromatic nitrogens is 3. The first-order chi connectivity index (χ1) is 16.1. The standard InChI is InChI=1S/C25H29N5O2S/c1-4-17(15-31)12-13-26-23-22(24-29-20-10-5-6-11-21(20)33-24)16(2)27-25(30-23)28-18-8-7-9-19(14-18)32-3/h5-11,14,17,31H,4,12-13,15H2,1-3H3,(H2,26,27,28,30). The number of thiazole rings is 1. The van der Waals surface area contributed by atoms with E-state index in [2.05, 4.69) is 23.6 Å². The molecule has 0 aliphatic carbocycles. The molecule has 0 saturated carbocycles. The monoisotopic (exact) mass is 463 g/mol. The molecule has 8 heteroatoms. The van der Waals surface area contributed by atoms with Crippen LogP contribution < -0.4 is 15.4 Å². The minimum atomic E-state index is 0.189. The molecular weight excluding hydrogens is 434 g/mol. The van der Waals surface area contributed by atoms with Crippen LogP contribution in [0.1, 0.15) is 25.5 Å². The summed E-state index contributed by atoms with van der Waals surface area (Å²) in [5, 5.41) is 17.2. The van der Waals surface area contributed by atoms with Crippen molar-refractivity contribution in [3.63, 3.8) is 0 Å². The van der Waals surface area contributed by atoms with E-state index in [1.165, 1.54) is 0 Å². The second kappa shape index (κ2) is 10.6. The van der Waals surface area contributed by atoms with Crippen LogP contribution >= 0.6 is 11.3 Å². The predicted octanol–water partition coefficient (Wildman–Crippen LogP) is 5.63. The summed E-state index contributed by atoms with van der Waals surface area (Å²) in [6.07, 6.45) is 1.79. The van der Waals surface area contributed by atoms with Crippen molar-refractivity contribution >= 4 is 39.0 Å². The number of methoxy groups -OCH3 is 1. The Morgan fingerprint density at radius 3 is 2.70 bits per heavy atom. The molecule has 4 aromatic rings. The number of aryl methyl sites for hydroxylation is 1. The van der Waals surface area contributed by atoms with Crippen molar-refractivity contribution in [2.45, 2.75) is 26.7 Å². The molecular formula is C25H29N5O2S. The Kier molecular flexibility index (Phi) is 7.36. The smallest absolute Gasteiger partial charge is 0.229 e. The molecule has 1 atom stereocenters. The molecule has 0 fully saturated rings. The van der Waals surface area contributed by atoms with Gasteiger partial charge in [0.05, 0.1) is 28.6 Å². The molecule has 0 saturated heterocycles. The average molecular weight is 464 g/mol. The van der Waals surface area contributed by atoms with Crippen LogP contribution in [0, 0.1) is 12.8 Å². The molecule has 172 valence electrons. The number of aliphatic hydroxyl groups excluding tert-OH is 1. The number of nitrogens with one attached hydrogen (secondary N) is 2. The lowest BCUT2D eigenvalue weighted by Crippen LogP contribution is -2.14. The van der Waals surface area contributed by atoms with Gasteiger partial charge in [-0.1, -0.05) is 31.5 Å². The lowest BCUT2D eigenvalue weighted by Gasteiger charge is -2.16. The highest BCUT2D eigenvalue weighted by Gasteiger charge is 2.18. The Hall–Kier alpha value is -3.23. The third kappa shape index (κ3) is 5.40. The number of para-hydroxylation sites is 1. The molecule has 0 amide bonds. The predicted molar refractivity (Wildman–Crippen MR) is 136 cm³/mol. The lowest BCUT2D eigenvalue weighted by atomic mass is 10.0. The number of benzene rings is 2. The molecule has 0 aliphatic rings. The van der Waals surface area contributed by atoms with Gasteiger partial charge in [-0.25, -0.2) is 9.97 Å². The number of hydrogen-bond acceptors (Lipinski definition) is 8. The van der Waals surface area contributed by atoms with Gasteiger partial charge >= 0.3 is 0 Å². The maximum Gasteiger partial charge on any atom is 0.229 e. The SMILES string of the molecule is CCC(CO)CCNc1nc(Nc2cccc(OC)c2)nc(C)c1-c1nc2ccccc2s1. The van der Waals surface area contributed by atoms with E-state index >= 15 is 0 Å². The van der Waals surface area contributed by atoms with Gasteiger partial charge in [-0.05, 0) is 43.5 Å². The van der Waals surface area contributed by atoms with Crippen molar-refractivity contribution in [3.05, 3.63) is 54.2 Å². The second-order valence-corrected chi connectivity index (χ2v) is 8.90. The fraction of sp³-hybridized carbons (Fsp3) is 0.320. The molecule has 3 N–H and O–H groups in total. The van der Waals surface area contributed by atoms with Crippen molar-refractivity contribution in [1.82, 2.24) is 15.0 Å². The van der Waals surface area contributed by atoms with Crippen molar-refractivity contribution in [2.24, 2.45) is 5.92 Å². The number of ether oxygens (including phenoxy) is 1. The molecule has 4 rings (SSSR count). The lowest BCUT2D eigenvalue weighted by molar-refractivity contribution is 0.217. The first kappa shape index (κ1) is 22.9. The van der Waals surface area contributed by atoms with Crippen LogP contribution in [0.2, 0.25) is 0 Å². The molecule has 2 heterocycles. The summed E-state index contributed by atoms with van der Waals surface area (Å²) in [5.41, 5.74) is 3.56. The second-order valence-electron chi connectivity index (χ2n) is 7.87. The third-order valence-electron chi connectivity index (χ3n) is 5.60. The Morgan fingerprint density at radius 1 is 1.09 bits per heavy atom. The molecule has 0 aliphatic heterocycles. The summed E-state index contributed by atoms with van der Waals surface area (Å²) < 4.78 is 6.45. The molecule has 0 radical (unpaired) electrons. The molecule has 7 nitrogen and oxygen atoms in total. The first-order valence-corrected chi connectivity index (χ1v) is 11.9. The topological polar surface area (TPSA) is 92.2 Å². The van der Waals surface area contributed by atoms with Gasteiger partial charge < -0.3 is 20.5 Å². The summed E-state index contributed by atoms with van der Waals surface area (Å²) in [6, 6.07) is 15.8. The van der Waals surface area contributed by atoms with Crippen LogP contribution in [-0.2, 0) is 0 Å². The quantitative estimate of drug-likeness (QED) is 0.280. The number of rotatable bonds is 10. The summed E-state index contributed by atoms with van der Waals surface area (Å²) in [4.78, 5) is 14.4. The summed E-state index contributed by atoms with van der Waals surface area (Å²) in [6.45, 7) is 4.96. The van der Waals surface area contributed by atoms with Gasteiger partial charge in [0.15, 0.2) is 0 Å². The average Bonchev–Trinajstić information content (AvgIpc) is 3.25. The van der Waals surface area contributed by atoms with Gasteiger partial charge in [-0.2, -0.15) is 4.98 Å². The normalized spacial score (nSPS) is 12.0. The summed E-state index contributed by atoms with van der Waals surface area (Å²) in [5.74, 6) is 2.26. The van der Waals surface area contributed by atoms with Gasteiger partial charge in [0.25, 0.3) is 0 Å². The van der Waals surface area contributed by atoms with Crippen LogP contribution in [0.25, 0.3) is 20.8 Å². The van der Waals surface area contributed by atoms with Crippen molar-refractivity contribution < 1.29 is 9.84 Å². The van der Waals surface area contributed by atoms with Gasteiger partial charge in [0.2, 0.25) is 5.95 Å². The van der Waals surface area contributed by atoms with E-state index in [0.717, 1.165) is 56.6 Å². The zero-order chi connectivity index (χ0) is 23.2. The largest absolute Gasteiger partial charge is 0.497 e. The van der Waals surface area contributed by atoms with Crippen molar-refractivity contribution in [1.29, 1.82) is 0 Å². The number of nitrogens with zero attached hydrogens (tertiary/aromatic N) is 3. The maximum absolute atomic E-state index is 9.55. The Morgan fingerprint density at radius 2 is 1.94 bits per heavy atom. The molecule has 33 heavy (non-hydrogen) atoms. The Balaban J connectivity index is 1.69.